The maximum absolute atomic E-state index is 10.8. The number of nitrogens with zero attached hydrogens (tertiary/aromatic N) is 2. The molecule has 0 bridgehead atoms. The Morgan fingerprint density at radius 1 is 1.43 bits per heavy atom. The molecule has 0 saturated carbocycles. The zero-order valence-electron chi connectivity index (χ0n) is 8.33. The second kappa shape index (κ2) is 5.21. The first-order chi connectivity index (χ1) is 6.76. The molecule has 1 aromatic heterocycles. The number of aromatic nitrogens is 2. The zero-order valence-corrected chi connectivity index (χ0v) is 8.33. The van der Waals surface area contributed by atoms with Gasteiger partial charge in [0.1, 0.15) is 0 Å². The van der Waals surface area contributed by atoms with E-state index in [1.165, 1.54) is 0 Å². The monoisotopic (exact) mass is 198 g/mol. The van der Waals surface area contributed by atoms with Crippen LogP contribution in [0.3, 0.4) is 0 Å². The fourth-order valence-corrected chi connectivity index (χ4v) is 0.904. The van der Waals surface area contributed by atoms with Crippen LogP contribution in [0.5, 0.6) is 0 Å². The van der Waals surface area contributed by atoms with Gasteiger partial charge in [0, 0.05) is 26.4 Å². The predicted molar refractivity (Wildman–Crippen MR) is 49.8 cm³/mol. The summed E-state index contributed by atoms with van der Waals surface area (Å²) in [5, 5.41) is 12.7. The van der Waals surface area contributed by atoms with Crippen LogP contribution in [0.2, 0.25) is 0 Å². The SMILES string of the molecule is CCc1nnc(CCNC(=O)NC)o1. The fourth-order valence-electron chi connectivity index (χ4n) is 0.904. The Bertz CT molecular complexity index is 297. The predicted octanol–water partition coefficient (Wildman–Crippen LogP) is 0.104. The van der Waals surface area contributed by atoms with Crippen molar-refractivity contribution in [2.75, 3.05) is 13.6 Å². The van der Waals surface area contributed by atoms with Crippen molar-refractivity contribution in [1.29, 1.82) is 0 Å². The Labute approximate surface area is 82.1 Å². The summed E-state index contributed by atoms with van der Waals surface area (Å²) in [6, 6.07) is -0.208. The molecule has 6 heteroatoms. The molecule has 0 radical (unpaired) electrons. The number of urea groups is 1. The summed E-state index contributed by atoms with van der Waals surface area (Å²) >= 11 is 0. The summed E-state index contributed by atoms with van der Waals surface area (Å²) in [7, 11) is 1.57. The molecule has 0 aliphatic rings. The minimum atomic E-state index is -0.208. The summed E-state index contributed by atoms with van der Waals surface area (Å²) in [6.45, 7) is 2.44. The largest absolute Gasteiger partial charge is 0.425 e. The van der Waals surface area contributed by atoms with Gasteiger partial charge in [-0.25, -0.2) is 4.79 Å². The van der Waals surface area contributed by atoms with Crippen molar-refractivity contribution >= 4 is 6.03 Å². The number of hydrogen-bond acceptors (Lipinski definition) is 4. The normalized spacial score (nSPS) is 9.86. The van der Waals surface area contributed by atoms with Crippen molar-refractivity contribution in [2.24, 2.45) is 0 Å². The minimum Gasteiger partial charge on any atom is -0.425 e. The number of amides is 2. The highest BCUT2D eigenvalue weighted by Crippen LogP contribution is 1.99. The van der Waals surface area contributed by atoms with E-state index in [1.54, 1.807) is 7.05 Å². The van der Waals surface area contributed by atoms with E-state index in [4.69, 9.17) is 4.42 Å². The second-order valence-electron chi connectivity index (χ2n) is 2.70. The fraction of sp³-hybridized carbons (Fsp3) is 0.625. The average molecular weight is 198 g/mol. The van der Waals surface area contributed by atoms with Crippen molar-refractivity contribution in [3.05, 3.63) is 11.8 Å². The van der Waals surface area contributed by atoms with Crippen LogP contribution in [0.15, 0.2) is 4.42 Å². The first-order valence-corrected chi connectivity index (χ1v) is 4.53. The molecule has 0 spiro atoms. The van der Waals surface area contributed by atoms with Crippen LogP contribution in [0.4, 0.5) is 4.79 Å². The Hall–Kier alpha value is -1.59. The Morgan fingerprint density at radius 3 is 2.71 bits per heavy atom. The summed E-state index contributed by atoms with van der Waals surface area (Å²) in [5.74, 6) is 1.18. The van der Waals surface area contributed by atoms with Crippen molar-refractivity contribution in [2.45, 2.75) is 19.8 Å². The van der Waals surface area contributed by atoms with E-state index in [-0.39, 0.29) is 6.03 Å². The van der Waals surface area contributed by atoms with Crippen LogP contribution in [0.1, 0.15) is 18.7 Å². The van der Waals surface area contributed by atoms with Crippen molar-refractivity contribution in [1.82, 2.24) is 20.8 Å². The van der Waals surface area contributed by atoms with E-state index in [0.29, 0.717) is 24.7 Å². The smallest absolute Gasteiger partial charge is 0.314 e. The number of carbonyl (C=O) groups excluding carboxylic acids is 1. The van der Waals surface area contributed by atoms with Gasteiger partial charge in [0.05, 0.1) is 0 Å². The highest BCUT2D eigenvalue weighted by molar-refractivity contribution is 5.73. The van der Waals surface area contributed by atoms with Gasteiger partial charge in [-0.15, -0.1) is 10.2 Å². The number of aryl methyl sites for hydroxylation is 1. The highest BCUT2D eigenvalue weighted by Gasteiger charge is 2.04. The molecule has 14 heavy (non-hydrogen) atoms. The molecule has 6 nitrogen and oxygen atoms in total. The highest BCUT2D eigenvalue weighted by atomic mass is 16.4. The lowest BCUT2D eigenvalue weighted by molar-refractivity contribution is 0.243. The van der Waals surface area contributed by atoms with Crippen LogP contribution in [-0.2, 0) is 12.8 Å². The first kappa shape index (κ1) is 10.5. The molecule has 0 aliphatic heterocycles. The molecule has 0 aliphatic carbocycles. The molecule has 2 amide bonds. The summed E-state index contributed by atoms with van der Waals surface area (Å²) in [6.07, 6.45) is 1.29. The van der Waals surface area contributed by atoms with E-state index in [9.17, 15) is 4.79 Å². The lowest BCUT2D eigenvalue weighted by Crippen LogP contribution is -2.34. The average Bonchev–Trinajstić information content (AvgIpc) is 2.65. The molecule has 0 saturated heterocycles. The summed E-state index contributed by atoms with van der Waals surface area (Å²) < 4.78 is 5.25. The molecule has 0 fully saturated rings. The van der Waals surface area contributed by atoms with Gasteiger partial charge >= 0.3 is 6.03 Å². The van der Waals surface area contributed by atoms with E-state index < -0.39 is 0 Å². The lowest BCUT2D eigenvalue weighted by Gasteiger charge is -2.00. The van der Waals surface area contributed by atoms with Gasteiger partial charge in [-0.2, -0.15) is 0 Å². The van der Waals surface area contributed by atoms with E-state index in [1.807, 2.05) is 6.92 Å². The van der Waals surface area contributed by atoms with Gasteiger partial charge in [0.2, 0.25) is 11.8 Å². The van der Waals surface area contributed by atoms with Gasteiger partial charge in [0.15, 0.2) is 0 Å². The van der Waals surface area contributed by atoms with Crippen molar-refractivity contribution < 1.29 is 9.21 Å². The maximum atomic E-state index is 10.8. The number of nitrogens with one attached hydrogen (secondary N) is 2. The minimum absolute atomic E-state index is 0.208. The summed E-state index contributed by atoms with van der Waals surface area (Å²) in [5.41, 5.74) is 0. The summed E-state index contributed by atoms with van der Waals surface area (Å²) in [4.78, 5) is 10.8. The second-order valence-corrected chi connectivity index (χ2v) is 2.70. The van der Waals surface area contributed by atoms with Gasteiger partial charge in [-0.05, 0) is 0 Å². The van der Waals surface area contributed by atoms with Crippen LogP contribution in [0.25, 0.3) is 0 Å². The third-order valence-electron chi connectivity index (χ3n) is 1.66. The zero-order chi connectivity index (χ0) is 10.4. The molecule has 78 valence electrons. The van der Waals surface area contributed by atoms with Gasteiger partial charge in [-0.1, -0.05) is 6.92 Å². The molecular formula is C8H14N4O2. The number of rotatable bonds is 4. The van der Waals surface area contributed by atoms with E-state index in [2.05, 4.69) is 20.8 Å². The molecule has 0 atom stereocenters. The number of carbonyl (C=O) groups is 1. The van der Waals surface area contributed by atoms with Crippen LogP contribution in [0, 0.1) is 0 Å². The van der Waals surface area contributed by atoms with E-state index >= 15 is 0 Å². The maximum Gasteiger partial charge on any atom is 0.314 e. The Morgan fingerprint density at radius 2 is 2.14 bits per heavy atom. The van der Waals surface area contributed by atoms with Gasteiger partial charge in [0.25, 0.3) is 0 Å². The van der Waals surface area contributed by atoms with Crippen LogP contribution in [-0.4, -0.2) is 29.8 Å². The van der Waals surface area contributed by atoms with Gasteiger partial charge in [-0.3, -0.25) is 0 Å². The first-order valence-electron chi connectivity index (χ1n) is 4.53. The van der Waals surface area contributed by atoms with Crippen molar-refractivity contribution in [3.8, 4) is 0 Å². The standard InChI is InChI=1S/C8H14N4O2/c1-3-6-11-12-7(14-6)4-5-10-8(13)9-2/h3-5H2,1-2H3,(H2,9,10,13). The molecule has 0 unspecified atom stereocenters. The molecule has 0 aromatic carbocycles. The topological polar surface area (TPSA) is 80.0 Å². The number of hydrogen-bond donors (Lipinski definition) is 2. The lowest BCUT2D eigenvalue weighted by atomic mass is 10.4. The van der Waals surface area contributed by atoms with Gasteiger partial charge < -0.3 is 15.1 Å². The third kappa shape index (κ3) is 3.04. The Balaban J connectivity index is 2.27. The van der Waals surface area contributed by atoms with E-state index in [0.717, 1.165) is 6.42 Å². The molecule has 1 aromatic rings. The molecule has 2 N–H and O–H groups in total. The van der Waals surface area contributed by atoms with Crippen LogP contribution < -0.4 is 10.6 Å². The molecule has 1 heterocycles. The third-order valence-corrected chi connectivity index (χ3v) is 1.66. The Kier molecular flexibility index (Phi) is 3.90. The van der Waals surface area contributed by atoms with Crippen molar-refractivity contribution in [3.63, 3.8) is 0 Å². The molecular weight excluding hydrogens is 184 g/mol. The van der Waals surface area contributed by atoms with Crippen LogP contribution >= 0.6 is 0 Å². The molecule has 1 rings (SSSR count). The quantitative estimate of drug-likeness (QED) is 0.719.